The van der Waals surface area contributed by atoms with Crippen LogP contribution in [0.25, 0.3) is 11.0 Å². The van der Waals surface area contributed by atoms with Crippen molar-refractivity contribution in [1.29, 1.82) is 0 Å². The molecule has 1 aromatic carbocycles. The first-order valence-corrected chi connectivity index (χ1v) is 9.56. The van der Waals surface area contributed by atoms with Gasteiger partial charge in [-0.1, -0.05) is 44.2 Å². The summed E-state index contributed by atoms with van der Waals surface area (Å²) in [4.78, 5) is 17.5. The number of imidazole rings is 1. The molecule has 1 aliphatic heterocycles. The lowest BCUT2D eigenvalue weighted by atomic mass is 9.93. The van der Waals surface area contributed by atoms with Gasteiger partial charge >= 0.3 is 0 Å². The van der Waals surface area contributed by atoms with E-state index in [-0.39, 0.29) is 11.8 Å². The predicted molar refractivity (Wildman–Crippen MR) is 95.8 cm³/mol. The topological polar surface area (TPSA) is 46.9 Å². The van der Waals surface area contributed by atoms with Crippen molar-refractivity contribution in [3.05, 3.63) is 30.1 Å². The van der Waals surface area contributed by atoms with E-state index in [4.69, 9.17) is 4.98 Å². The number of fused-ring (bicyclic) bond motifs is 3. The van der Waals surface area contributed by atoms with Crippen molar-refractivity contribution in [2.75, 3.05) is 0 Å². The van der Waals surface area contributed by atoms with Crippen molar-refractivity contribution >= 4 is 16.9 Å². The van der Waals surface area contributed by atoms with Crippen molar-refractivity contribution in [2.45, 2.75) is 70.4 Å². The Morgan fingerprint density at radius 3 is 2.62 bits per heavy atom. The first-order chi connectivity index (χ1) is 11.8. The van der Waals surface area contributed by atoms with Gasteiger partial charge in [0.2, 0.25) is 5.91 Å². The third-order valence-electron chi connectivity index (χ3n) is 5.69. The summed E-state index contributed by atoms with van der Waals surface area (Å²) < 4.78 is 2.29. The second kappa shape index (κ2) is 6.96. The van der Waals surface area contributed by atoms with Crippen LogP contribution < -0.4 is 5.32 Å². The summed E-state index contributed by atoms with van der Waals surface area (Å²) in [5.74, 6) is 1.40. The van der Waals surface area contributed by atoms with Crippen molar-refractivity contribution in [3.8, 4) is 0 Å². The summed E-state index contributed by atoms with van der Waals surface area (Å²) in [5, 5.41) is 3.34. The van der Waals surface area contributed by atoms with Crippen molar-refractivity contribution in [2.24, 2.45) is 5.92 Å². The number of rotatable bonds is 2. The third kappa shape index (κ3) is 3.19. The molecule has 1 saturated carbocycles. The fourth-order valence-electron chi connectivity index (χ4n) is 4.28. The van der Waals surface area contributed by atoms with Crippen molar-refractivity contribution in [3.63, 3.8) is 0 Å². The van der Waals surface area contributed by atoms with Crippen LogP contribution in [0, 0.1) is 5.92 Å². The molecule has 2 aliphatic rings. The molecule has 1 fully saturated rings. The van der Waals surface area contributed by atoms with Crippen LogP contribution in [-0.2, 0) is 17.8 Å². The number of hydrogen-bond acceptors (Lipinski definition) is 2. The molecule has 1 N–H and O–H groups in total. The molecule has 1 unspecified atom stereocenters. The SMILES string of the molecule is O=C(NC1CCCCCCC1)C1CCn2c(nc3ccccc32)C1. The highest BCUT2D eigenvalue weighted by Gasteiger charge is 2.28. The molecule has 2 heterocycles. The number of benzene rings is 1. The molecular weight excluding hydrogens is 298 g/mol. The Bertz CT molecular complexity index is 713. The Hall–Kier alpha value is -1.84. The molecule has 128 valence electrons. The lowest BCUT2D eigenvalue weighted by molar-refractivity contribution is -0.126. The number of hydrogen-bond donors (Lipinski definition) is 1. The number of nitrogens with one attached hydrogen (secondary N) is 1. The molecule has 0 radical (unpaired) electrons. The zero-order valence-corrected chi connectivity index (χ0v) is 14.3. The number of para-hydroxylation sites is 2. The Kier molecular flexibility index (Phi) is 4.54. The minimum atomic E-state index is 0.0831. The monoisotopic (exact) mass is 325 g/mol. The van der Waals surface area contributed by atoms with E-state index in [1.54, 1.807) is 0 Å². The van der Waals surface area contributed by atoms with E-state index in [0.717, 1.165) is 43.6 Å². The fraction of sp³-hybridized carbons (Fsp3) is 0.600. The first kappa shape index (κ1) is 15.7. The summed E-state index contributed by atoms with van der Waals surface area (Å²) in [6, 6.07) is 8.66. The van der Waals surface area contributed by atoms with Gasteiger partial charge in [-0.25, -0.2) is 4.98 Å². The zero-order chi connectivity index (χ0) is 16.4. The molecule has 1 aliphatic carbocycles. The van der Waals surface area contributed by atoms with Gasteiger partial charge in [0.1, 0.15) is 5.82 Å². The summed E-state index contributed by atoms with van der Waals surface area (Å²) in [7, 11) is 0. The Morgan fingerprint density at radius 1 is 1.04 bits per heavy atom. The highest BCUT2D eigenvalue weighted by Crippen LogP contribution is 2.26. The maximum Gasteiger partial charge on any atom is 0.223 e. The number of aryl methyl sites for hydroxylation is 1. The molecule has 4 rings (SSSR count). The van der Waals surface area contributed by atoms with Crippen LogP contribution in [0.1, 0.15) is 57.2 Å². The second-order valence-electron chi connectivity index (χ2n) is 7.41. The standard InChI is InChI=1S/C20H27N3O/c24-20(21-16-8-4-2-1-3-5-9-16)15-12-13-23-18-11-7-6-10-17(18)22-19(23)14-15/h6-7,10-11,15-16H,1-5,8-9,12-14H2,(H,21,24). The van der Waals surface area contributed by atoms with Crippen LogP contribution in [0.5, 0.6) is 0 Å². The zero-order valence-electron chi connectivity index (χ0n) is 14.3. The van der Waals surface area contributed by atoms with Crippen LogP contribution >= 0.6 is 0 Å². The van der Waals surface area contributed by atoms with Gasteiger partial charge in [0.15, 0.2) is 0 Å². The normalized spacial score (nSPS) is 22.6. The molecular formula is C20H27N3O. The first-order valence-electron chi connectivity index (χ1n) is 9.56. The summed E-state index contributed by atoms with van der Waals surface area (Å²) >= 11 is 0. The van der Waals surface area contributed by atoms with E-state index in [0.29, 0.717) is 6.04 Å². The summed E-state index contributed by atoms with van der Waals surface area (Å²) in [5.41, 5.74) is 2.25. The number of carbonyl (C=O) groups is 1. The quantitative estimate of drug-likeness (QED) is 0.912. The number of nitrogens with zero attached hydrogens (tertiary/aromatic N) is 2. The Balaban J connectivity index is 1.42. The van der Waals surface area contributed by atoms with Crippen LogP contribution in [-0.4, -0.2) is 21.5 Å². The van der Waals surface area contributed by atoms with E-state index in [1.807, 2.05) is 6.07 Å². The molecule has 1 atom stereocenters. The average molecular weight is 325 g/mol. The number of carbonyl (C=O) groups excluding carboxylic acids is 1. The fourth-order valence-corrected chi connectivity index (χ4v) is 4.28. The van der Waals surface area contributed by atoms with E-state index >= 15 is 0 Å². The third-order valence-corrected chi connectivity index (χ3v) is 5.69. The highest BCUT2D eigenvalue weighted by atomic mass is 16.1. The van der Waals surface area contributed by atoms with Gasteiger partial charge < -0.3 is 9.88 Å². The average Bonchev–Trinajstić information content (AvgIpc) is 2.94. The minimum absolute atomic E-state index is 0.0831. The number of amides is 1. The van der Waals surface area contributed by atoms with Gasteiger partial charge in [-0.15, -0.1) is 0 Å². The minimum Gasteiger partial charge on any atom is -0.353 e. The van der Waals surface area contributed by atoms with E-state index < -0.39 is 0 Å². The largest absolute Gasteiger partial charge is 0.353 e. The molecule has 1 aromatic heterocycles. The van der Waals surface area contributed by atoms with Crippen molar-refractivity contribution in [1.82, 2.24) is 14.9 Å². The van der Waals surface area contributed by atoms with Gasteiger partial charge in [0.05, 0.1) is 11.0 Å². The van der Waals surface area contributed by atoms with Crippen LogP contribution in [0.2, 0.25) is 0 Å². The number of aromatic nitrogens is 2. The van der Waals surface area contributed by atoms with Gasteiger partial charge in [0, 0.05) is 24.9 Å². The lowest BCUT2D eigenvalue weighted by Crippen LogP contribution is -2.41. The molecule has 0 saturated heterocycles. The van der Waals surface area contributed by atoms with Gasteiger partial charge in [0.25, 0.3) is 0 Å². The van der Waals surface area contributed by atoms with Gasteiger partial charge in [-0.3, -0.25) is 4.79 Å². The molecule has 4 nitrogen and oxygen atoms in total. The molecule has 24 heavy (non-hydrogen) atoms. The second-order valence-corrected chi connectivity index (χ2v) is 7.41. The Morgan fingerprint density at radius 2 is 1.79 bits per heavy atom. The van der Waals surface area contributed by atoms with Gasteiger partial charge in [-0.05, 0) is 31.4 Å². The van der Waals surface area contributed by atoms with E-state index in [2.05, 4.69) is 28.1 Å². The Labute approximate surface area is 143 Å². The molecule has 0 spiro atoms. The smallest absolute Gasteiger partial charge is 0.223 e. The predicted octanol–water partition coefficient (Wildman–Crippen LogP) is 3.83. The van der Waals surface area contributed by atoms with Gasteiger partial charge in [-0.2, -0.15) is 0 Å². The van der Waals surface area contributed by atoms with Crippen LogP contribution in [0.3, 0.4) is 0 Å². The molecule has 4 heteroatoms. The summed E-state index contributed by atoms with van der Waals surface area (Å²) in [6.07, 6.45) is 10.5. The summed E-state index contributed by atoms with van der Waals surface area (Å²) in [6.45, 7) is 0.901. The maximum absolute atomic E-state index is 12.7. The lowest BCUT2D eigenvalue weighted by Gasteiger charge is -2.27. The van der Waals surface area contributed by atoms with E-state index in [9.17, 15) is 4.79 Å². The molecule has 1 amide bonds. The van der Waals surface area contributed by atoms with E-state index in [1.165, 1.54) is 37.6 Å². The van der Waals surface area contributed by atoms with Crippen molar-refractivity contribution < 1.29 is 4.79 Å². The maximum atomic E-state index is 12.7. The van der Waals surface area contributed by atoms with Crippen LogP contribution in [0.4, 0.5) is 0 Å². The highest BCUT2D eigenvalue weighted by molar-refractivity contribution is 5.80. The van der Waals surface area contributed by atoms with Crippen LogP contribution in [0.15, 0.2) is 24.3 Å². The molecule has 0 bridgehead atoms. The molecule has 2 aromatic rings.